The molecule has 0 saturated heterocycles. The van der Waals surface area contributed by atoms with Crippen molar-refractivity contribution in [3.8, 4) is 0 Å². The van der Waals surface area contributed by atoms with Gasteiger partial charge in [0.2, 0.25) is 5.91 Å². The van der Waals surface area contributed by atoms with E-state index in [2.05, 4.69) is 29.2 Å². The van der Waals surface area contributed by atoms with Crippen LogP contribution in [0, 0.1) is 6.92 Å². The molecule has 0 N–H and O–H groups in total. The number of thiazole rings is 1. The van der Waals surface area contributed by atoms with Crippen molar-refractivity contribution in [3.05, 3.63) is 46.5 Å². The van der Waals surface area contributed by atoms with Crippen molar-refractivity contribution in [3.63, 3.8) is 0 Å². The molecule has 1 amide bonds. The molecule has 5 heteroatoms. The van der Waals surface area contributed by atoms with Gasteiger partial charge in [-0.2, -0.15) is 0 Å². The Balaban J connectivity index is 1.66. The van der Waals surface area contributed by atoms with Gasteiger partial charge in [-0.05, 0) is 37.3 Å². The molecule has 1 aliphatic carbocycles. The van der Waals surface area contributed by atoms with E-state index in [9.17, 15) is 4.79 Å². The number of carbonyl (C=O) groups excluding carboxylic acids is 1. The van der Waals surface area contributed by atoms with Crippen molar-refractivity contribution >= 4 is 29.0 Å². The Morgan fingerprint density at radius 1 is 1.45 bits per heavy atom. The van der Waals surface area contributed by atoms with E-state index in [4.69, 9.17) is 0 Å². The Hall–Kier alpha value is -1.33. The van der Waals surface area contributed by atoms with E-state index in [1.54, 1.807) is 11.3 Å². The predicted molar refractivity (Wildman–Crippen MR) is 92.5 cm³/mol. The number of aromatic nitrogens is 1. The number of hydrogen-bond acceptors (Lipinski definition) is 4. The second-order valence-electron chi connectivity index (χ2n) is 5.65. The third-order valence-corrected chi connectivity index (χ3v) is 6.24. The van der Waals surface area contributed by atoms with Gasteiger partial charge >= 0.3 is 0 Å². The van der Waals surface area contributed by atoms with Crippen LogP contribution in [0.4, 0.5) is 0 Å². The lowest BCUT2D eigenvalue weighted by atomic mass is 9.87. The van der Waals surface area contributed by atoms with Gasteiger partial charge in [-0.15, -0.1) is 11.3 Å². The van der Waals surface area contributed by atoms with Gasteiger partial charge in [-0.25, -0.2) is 4.98 Å². The fourth-order valence-corrected chi connectivity index (χ4v) is 4.70. The quantitative estimate of drug-likeness (QED) is 0.791. The molecule has 1 aliphatic rings. The van der Waals surface area contributed by atoms with E-state index in [0.29, 0.717) is 5.75 Å². The summed E-state index contributed by atoms with van der Waals surface area (Å²) >= 11 is 3.15. The minimum Gasteiger partial charge on any atom is -0.338 e. The summed E-state index contributed by atoms with van der Waals surface area (Å²) in [5, 5.41) is 2.02. The first-order valence-electron chi connectivity index (χ1n) is 7.53. The molecule has 0 saturated carbocycles. The lowest BCUT2D eigenvalue weighted by Crippen LogP contribution is -2.34. The molecule has 3 rings (SSSR count). The summed E-state index contributed by atoms with van der Waals surface area (Å²) in [5.74, 6) is 0.641. The molecule has 1 heterocycles. The van der Waals surface area contributed by atoms with Crippen LogP contribution < -0.4 is 0 Å². The van der Waals surface area contributed by atoms with Crippen LogP contribution in [0.5, 0.6) is 0 Å². The molecule has 116 valence electrons. The smallest absolute Gasteiger partial charge is 0.233 e. The van der Waals surface area contributed by atoms with E-state index >= 15 is 0 Å². The lowest BCUT2D eigenvalue weighted by Gasteiger charge is -2.33. The van der Waals surface area contributed by atoms with E-state index < -0.39 is 0 Å². The number of thioether (sulfide) groups is 1. The molecule has 22 heavy (non-hydrogen) atoms. The average Bonchev–Trinajstić information content (AvgIpc) is 2.97. The van der Waals surface area contributed by atoms with Crippen LogP contribution in [0.2, 0.25) is 0 Å². The first-order chi connectivity index (χ1) is 10.6. The minimum absolute atomic E-state index is 0.180. The Morgan fingerprint density at radius 3 is 3.05 bits per heavy atom. The van der Waals surface area contributed by atoms with Crippen molar-refractivity contribution in [2.75, 3.05) is 12.8 Å². The Labute approximate surface area is 139 Å². The number of carbonyl (C=O) groups is 1. The third-order valence-electron chi connectivity index (χ3n) is 4.12. The summed E-state index contributed by atoms with van der Waals surface area (Å²) in [6.07, 6.45) is 3.33. The molecule has 0 unspecified atom stereocenters. The normalized spacial score (nSPS) is 17.1. The fourth-order valence-electron chi connectivity index (χ4n) is 2.93. The van der Waals surface area contributed by atoms with Gasteiger partial charge in [-0.3, -0.25) is 4.79 Å². The Morgan fingerprint density at radius 2 is 2.27 bits per heavy atom. The minimum atomic E-state index is 0.180. The molecule has 0 radical (unpaired) electrons. The lowest BCUT2D eigenvalue weighted by molar-refractivity contribution is -0.129. The summed E-state index contributed by atoms with van der Waals surface area (Å²) in [7, 11) is 1.93. The van der Waals surface area contributed by atoms with Crippen molar-refractivity contribution in [2.24, 2.45) is 0 Å². The number of nitrogens with zero attached hydrogens (tertiary/aromatic N) is 2. The van der Waals surface area contributed by atoms with Gasteiger partial charge in [0.05, 0.1) is 11.8 Å². The molecule has 0 bridgehead atoms. The van der Waals surface area contributed by atoms with E-state index in [-0.39, 0.29) is 11.9 Å². The zero-order valence-electron chi connectivity index (χ0n) is 12.9. The molecule has 1 aromatic carbocycles. The second-order valence-corrected chi connectivity index (χ2v) is 7.74. The molecule has 1 atom stereocenters. The number of benzene rings is 1. The summed E-state index contributed by atoms with van der Waals surface area (Å²) in [6.45, 7) is 1.98. The third kappa shape index (κ3) is 3.36. The highest BCUT2D eigenvalue weighted by Crippen LogP contribution is 2.34. The van der Waals surface area contributed by atoms with Gasteiger partial charge in [0, 0.05) is 18.1 Å². The summed E-state index contributed by atoms with van der Waals surface area (Å²) in [4.78, 5) is 18.8. The number of rotatable bonds is 4. The molecule has 3 nitrogen and oxygen atoms in total. The van der Waals surface area contributed by atoms with Gasteiger partial charge in [-0.1, -0.05) is 36.0 Å². The molecular weight excluding hydrogens is 312 g/mol. The van der Waals surface area contributed by atoms with E-state index in [1.807, 2.05) is 24.3 Å². The maximum atomic E-state index is 12.5. The number of hydrogen-bond donors (Lipinski definition) is 0. The topological polar surface area (TPSA) is 33.2 Å². The number of aryl methyl sites for hydroxylation is 2. The molecule has 0 spiro atoms. The van der Waals surface area contributed by atoms with Crippen molar-refractivity contribution in [1.29, 1.82) is 0 Å². The van der Waals surface area contributed by atoms with Gasteiger partial charge in [0.15, 0.2) is 4.34 Å². The van der Waals surface area contributed by atoms with Crippen LogP contribution in [0.1, 0.15) is 35.7 Å². The Kier molecular flexibility index (Phi) is 4.84. The molecule has 1 aromatic heterocycles. The molecule has 0 aliphatic heterocycles. The van der Waals surface area contributed by atoms with Crippen molar-refractivity contribution in [1.82, 2.24) is 9.88 Å². The van der Waals surface area contributed by atoms with Crippen LogP contribution in [-0.2, 0) is 11.2 Å². The van der Waals surface area contributed by atoms with Crippen molar-refractivity contribution in [2.45, 2.75) is 36.6 Å². The monoisotopic (exact) mass is 332 g/mol. The first kappa shape index (κ1) is 15.6. The van der Waals surface area contributed by atoms with Gasteiger partial charge in [0.25, 0.3) is 0 Å². The zero-order chi connectivity index (χ0) is 15.5. The largest absolute Gasteiger partial charge is 0.338 e. The number of amides is 1. The van der Waals surface area contributed by atoms with Crippen LogP contribution >= 0.6 is 23.1 Å². The SMILES string of the molecule is Cc1csc(SCC(=O)N(C)[C@@H]2CCCc3ccccc32)n1. The fraction of sp³-hybridized carbons (Fsp3) is 0.412. The van der Waals surface area contributed by atoms with Crippen LogP contribution in [0.25, 0.3) is 0 Å². The summed E-state index contributed by atoms with van der Waals surface area (Å²) < 4.78 is 0.975. The highest BCUT2D eigenvalue weighted by atomic mass is 32.2. The van der Waals surface area contributed by atoms with Crippen LogP contribution in [-0.4, -0.2) is 28.6 Å². The molecule has 2 aromatic rings. The predicted octanol–water partition coefficient (Wildman–Crippen LogP) is 4.08. The zero-order valence-corrected chi connectivity index (χ0v) is 14.5. The number of fused-ring (bicyclic) bond motifs is 1. The summed E-state index contributed by atoms with van der Waals surface area (Å²) in [5.41, 5.74) is 3.73. The van der Waals surface area contributed by atoms with E-state index in [0.717, 1.165) is 29.3 Å². The summed E-state index contributed by atoms with van der Waals surface area (Å²) in [6, 6.07) is 8.73. The average molecular weight is 332 g/mol. The van der Waals surface area contributed by atoms with Crippen molar-refractivity contribution < 1.29 is 4.79 Å². The molecule has 0 fully saturated rings. The Bertz CT molecular complexity index is 668. The first-order valence-corrected chi connectivity index (χ1v) is 9.40. The van der Waals surface area contributed by atoms with Gasteiger partial charge < -0.3 is 4.90 Å². The standard InChI is InChI=1S/C17H20N2OS2/c1-12-10-21-17(18-12)22-11-16(20)19(2)15-9-5-7-13-6-3-4-8-14(13)15/h3-4,6,8,10,15H,5,7,9,11H2,1-2H3/t15-/m1/s1. The maximum absolute atomic E-state index is 12.5. The second kappa shape index (κ2) is 6.84. The maximum Gasteiger partial charge on any atom is 0.233 e. The van der Waals surface area contributed by atoms with Gasteiger partial charge in [0.1, 0.15) is 0 Å². The molecular formula is C17H20N2OS2. The van der Waals surface area contributed by atoms with E-state index in [1.165, 1.54) is 22.9 Å². The highest BCUT2D eigenvalue weighted by molar-refractivity contribution is 8.01. The van der Waals surface area contributed by atoms with Crippen LogP contribution in [0.15, 0.2) is 34.0 Å². The highest BCUT2D eigenvalue weighted by Gasteiger charge is 2.26. The van der Waals surface area contributed by atoms with Crippen LogP contribution in [0.3, 0.4) is 0 Å².